The minimum atomic E-state index is -0.162. The summed E-state index contributed by atoms with van der Waals surface area (Å²) in [5, 5.41) is 0.721. The van der Waals surface area contributed by atoms with Crippen molar-refractivity contribution in [3.8, 4) is 0 Å². The second kappa shape index (κ2) is 8.22. The van der Waals surface area contributed by atoms with Gasteiger partial charge in [0.15, 0.2) is 0 Å². The van der Waals surface area contributed by atoms with E-state index in [0.717, 1.165) is 42.8 Å². The summed E-state index contributed by atoms with van der Waals surface area (Å²) in [6.45, 7) is 4.24. The number of carbonyl (C=O) groups excluding carboxylic acids is 2. The van der Waals surface area contributed by atoms with Crippen molar-refractivity contribution >= 4 is 23.4 Å². The Bertz CT molecular complexity index is 617. The highest BCUT2D eigenvalue weighted by molar-refractivity contribution is 6.30. The molecule has 3 rings (SSSR count). The fourth-order valence-corrected chi connectivity index (χ4v) is 4.14. The van der Waals surface area contributed by atoms with Gasteiger partial charge in [-0.15, -0.1) is 0 Å². The summed E-state index contributed by atoms with van der Waals surface area (Å²) in [6, 6.07) is 8.09. The van der Waals surface area contributed by atoms with Crippen molar-refractivity contribution in [3.63, 3.8) is 0 Å². The van der Waals surface area contributed by atoms with Gasteiger partial charge >= 0.3 is 0 Å². The minimum absolute atomic E-state index is 0.109. The lowest BCUT2D eigenvalue weighted by atomic mass is 9.97. The zero-order valence-corrected chi connectivity index (χ0v) is 15.7. The van der Waals surface area contributed by atoms with Crippen molar-refractivity contribution in [3.05, 3.63) is 34.9 Å². The highest BCUT2D eigenvalue weighted by Gasteiger charge is 2.38. The van der Waals surface area contributed by atoms with Gasteiger partial charge in [-0.25, -0.2) is 0 Å². The Morgan fingerprint density at radius 3 is 2.72 bits per heavy atom. The van der Waals surface area contributed by atoms with Crippen LogP contribution >= 0.6 is 11.6 Å². The molecule has 2 atom stereocenters. The van der Waals surface area contributed by atoms with E-state index in [0.29, 0.717) is 25.6 Å². The lowest BCUT2D eigenvalue weighted by Gasteiger charge is -2.36. The summed E-state index contributed by atoms with van der Waals surface area (Å²) in [4.78, 5) is 29.1. The normalized spacial score (nSPS) is 24.0. The summed E-state index contributed by atoms with van der Waals surface area (Å²) in [5.41, 5.74) is 1.16. The molecule has 0 aliphatic carbocycles. The first-order chi connectivity index (χ1) is 12.1. The van der Waals surface area contributed by atoms with Crippen LogP contribution in [-0.4, -0.2) is 47.3 Å². The lowest BCUT2D eigenvalue weighted by Crippen LogP contribution is -2.46. The van der Waals surface area contributed by atoms with Crippen molar-refractivity contribution in [1.82, 2.24) is 9.80 Å². The molecular formula is C20H27ClN2O2. The second-order valence-corrected chi connectivity index (χ2v) is 7.64. The third-order valence-corrected chi connectivity index (χ3v) is 5.78. The van der Waals surface area contributed by atoms with Crippen LogP contribution in [0.5, 0.6) is 0 Å². The molecule has 5 heteroatoms. The van der Waals surface area contributed by atoms with Crippen LogP contribution in [0.3, 0.4) is 0 Å². The van der Waals surface area contributed by atoms with E-state index >= 15 is 0 Å². The van der Waals surface area contributed by atoms with Crippen molar-refractivity contribution in [2.45, 2.75) is 51.5 Å². The number of hydrogen-bond acceptors (Lipinski definition) is 2. The molecule has 0 radical (unpaired) electrons. The van der Waals surface area contributed by atoms with Gasteiger partial charge in [0, 0.05) is 37.1 Å². The highest BCUT2D eigenvalue weighted by Crippen LogP contribution is 2.26. The summed E-state index contributed by atoms with van der Waals surface area (Å²) in [7, 11) is 0. The van der Waals surface area contributed by atoms with E-state index in [1.807, 2.05) is 34.1 Å². The van der Waals surface area contributed by atoms with Gasteiger partial charge in [0.2, 0.25) is 11.8 Å². The Morgan fingerprint density at radius 2 is 2.00 bits per heavy atom. The molecule has 2 aliphatic heterocycles. The van der Waals surface area contributed by atoms with E-state index in [2.05, 4.69) is 6.92 Å². The molecule has 2 amide bonds. The van der Waals surface area contributed by atoms with Crippen LogP contribution in [0.15, 0.2) is 24.3 Å². The first-order valence-electron chi connectivity index (χ1n) is 9.41. The highest BCUT2D eigenvalue weighted by atomic mass is 35.5. The Hall–Kier alpha value is -1.55. The molecule has 0 bridgehead atoms. The number of amides is 2. The number of hydrogen-bond donors (Lipinski definition) is 0. The molecule has 1 aromatic rings. The van der Waals surface area contributed by atoms with Gasteiger partial charge in [0.25, 0.3) is 0 Å². The summed E-state index contributed by atoms with van der Waals surface area (Å²) in [5.74, 6) is 0.135. The lowest BCUT2D eigenvalue weighted by molar-refractivity contribution is -0.139. The van der Waals surface area contributed by atoms with E-state index < -0.39 is 0 Å². The molecule has 0 N–H and O–H groups in total. The predicted molar refractivity (Wildman–Crippen MR) is 99.5 cm³/mol. The third-order valence-electron chi connectivity index (χ3n) is 5.53. The Kier molecular flexibility index (Phi) is 6.00. The van der Waals surface area contributed by atoms with Crippen LogP contribution in [0.2, 0.25) is 5.02 Å². The molecule has 4 nitrogen and oxygen atoms in total. The number of nitrogens with zero attached hydrogens (tertiary/aromatic N) is 2. The van der Waals surface area contributed by atoms with Crippen molar-refractivity contribution in [2.75, 3.05) is 19.6 Å². The van der Waals surface area contributed by atoms with Gasteiger partial charge in [-0.2, -0.15) is 0 Å². The molecule has 2 aliphatic rings. The zero-order chi connectivity index (χ0) is 17.8. The molecular weight excluding hydrogens is 336 g/mol. The Labute approximate surface area is 155 Å². The smallest absolute Gasteiger partial charge is 0.228 e. The van der Waals surface area contributed by atoms with Crippen LogP contribution in [-0.2, 0) is 16.0 Å². The maximum absolute atomic E-state index is 12.9. The second-order valence-electron chi connectivity index (χ2n) is 7.21. The van der Waals surface area contributed by atoms with Gasteiger partial charge in [-0.1, -0.05) is 30.7 Å². The van der Waals surface area contributed by atoms with E-state index in [4.69, 9.17) is 11.6 Å². The Morgan fingerprint density at radius 1 is 1.24 bits per heavy atom. The van der Waals surface area contributed by atoms with Crippen LogP contribution in [0, 0.1) is 5.92 Å². The average Bonchev–Trinajstić information content (AvgIpc) is 3.01. The molecule has 0 aromatic heterocycles. The predicted octanol–water partition coefficient (Wildman–Crippen LogP) is 3.52. The average molecular weight is 363 g/mol. The maximum Gasteiger partial charge on any atom is 0.228 e. The van der Waals surface area contributed by atoms with Gasteiger partial charge in [-0.05, 0) is 49.8 Å². The van der Waals surface area contributed by atoms with Gasteiger partial charge in [0.1, 0.15) is 0 Å². The van der Waals surface area contributed by atoms with Crippen LogP contribution in [0.1, 0.15) is 44.6 Å². The Balaban J connectivity index is 1.56. The van der Waals surface area contributed by atoms with E-state index in [-0.39, 0.29) is 17.7 Å². The molecule has 2 saturated heterocycles. The van der Waals surface area contributed by atoms with Gasteiger partial charge < -0.3 is 9.80 Å². The van der Waals surface area contributed by atoms with Crippen molar-refractivity contribution in [2.24, 2.45) is 5.92 Å². The minimum Gasteiger partial charge on any atom is -0.342 e. The third kappa shape index (κ3) is 4.35. The maximum atomic E-state index is 12.9. The number of benzene rings is 1. The molecule has 136 valence electrons. The molecule has 0 spiro atoms. The number of likely N-dealkylation sites (tertiary alicyclic amines) is 2. The summed E-state index contributed by atoms with van der Waals surface area (Å²) >= 11 is 5.91. The van der Waals surface area contributed by atoms with Gasteiger partial charge in [-0.3, -0.25) is 9.59 Å². The number of carbonyl (C=O) groups is 2. The SMILES string of the molecule is CCC1CCCCN1C(=O)C1CC(=O)N(CCc2ccc(Cl)cc2)C1. The van der Waals surface area contributed by atoms with Crippen LogP contribution < -0.4 is 0 Å². The number of piperidine rings is 1. The summed E-state index contributed by atoms with van der Waals surface area (Å²) in [6.07, 6.45) is 5.57. The zero-order valence-electron chi connectivity index (χ0n) is 14.9. The molecule has 25 heavy (non-hydrogen) atoms. The molecule has 0 saturated carbocycles. The fourth-order valence-electron chi connectivity index (χ4n) is 4.02. The van der Waals surface area contributed by atoms with Crippen LogP contribution in [0.4, 0.5) is 0 Å². The van der Waals surface area contributed by atoms with E-state index in [1.54, 1.807) is 0 Å². The molecule has 2 unspecified atom stereocenters. The van der Waals surface area contributed by atoms with Crippen LogP contribution in [0.25, 0.3) is 0 Å². The summed E-state index contributed by atoms with van der Waals surface area (Å²) < 4.78 is 0. The molecule has 1 aromatic carbocycles. The first kappa shape index (κ1) is 18.2. The standard InChI is InChI=1S/C20H27ClN2O2/c1-2-18-5-3-4-11-23(18)20(25)16-13-19(24)22(14-16)12-10-15-6-8-17(21)9-7-15/h6-9,16,18H,2-5,10-14H2,1H3. The molecule has 2 heterocycles. The number of rotatable bonds is 5. The molecule has 2 fully saturated rings. The van der Waals surface area contributed by atoms with E-state index in [1.165, 1.54) is 6.42 Å². The van der Waals surface area contributed by atoms with Crippen molar-refractivity contribution in [1.29, 1.82) is 0 Å². The van der Waals surface area contributed by atoms with Crippen molar-refractivity contribution < 1.29 is 9.59 Å². The number of halogens is 1. The fraction of sp³-hybridized carbons (Fsp3) is 0.600. The first-order valence-corrected chi connectivity index (χ1v) is 9.79. The monoisotopic (exact) mass is 362 g/mol. The van der Waals surface area contributed by atoms with E-state index in [9.17, 15) is 9.59 Å². The quantitative estimate of drug-likeness (QED) is 0.804. The topological polar surface area (TPSA) is 40.6 Å². The van der Waals surface area contributed by atoms with Gasteiger partial charge in [0.05, 0.1) is 5.92 Å². The largest absolute Gasteiger partial charge is 0.342 e.